The Morgan fingerprint density at radius 2 is 1.59 bits per heavy atom. The molecule has 0 spiro atoms. The first-order valence-electron chi connectivity index (χ1n) is 12.6. The number of nitrogens with zero attached hydrogens (tertiary/aromatic N) is 2. The molecule has 0 amide bonds. The molecule has 1 aromatic heterocycles. The highest BCUT2D eigenvalue weighted by Gasteiger charge is 2.46. The van der Waals surface area contributed by atoms with Gasteiger partial charge < -0.3 is 28.8 Å². The molecule has 0 saturated carbocycles. The van der Waals surface area contributed by atoms with Crippen LogP contribution < -0.4 is 16.0 Å². The quantitative estimate of drug-likeness (QED) is 0.212. The third kappa shape index (κ3) is 7.33. The number of ether oxygens (including phenoxy) is 5. The van der Waals surface area contributed by atoms with E-state index in [4.69, 9.17) is 93.3 Å². The van der Waals surface area contributed by atoms with Crippen LogP contribution in [0.5, 0.6) is 5.75 Å². The summed E-state index contributed by atoms with van der Waals surface area (Å²) in [5.41, 5.74) is -1.22. The van der Waals surface area contributed by atoms with Gasteiger partial charge in [-0.1, -0.05) is 58.0 Å². The van der Waals surface area contributed by atoms with Crippen molar-refractivity contribution in [2.45, 2.75) is 37.4 Å². The lowest BCUT2D eigenvalue weighted by Crippen LogP contribution is -2.43. The van der Waals surface area contributed by atoms with Crippen LogP contribution in [0.2, 0.25) is 25.1 Å². The highest BCUT2D eigenvalue weighted by molar-refractivity contribution is 6.40. The maximum Gasteiger partial charge on any atom is 0.335 e. The molecular formula is C27H24Cl6N2O9. The van der Waals surface area contributed by atoms with Crippen LogP contribution in [-0.2, 0) is 30.5 Å². The Kier molecular flexibility index (Phi) is 11.9. The van der Waals surface area contributed by atoms with E-state index < -0.39 is 54.6 Å². The van der Waals surface area contributed by atoms with Crippen molar-refractivity contribution in [3.05, 3.63) is 93.6 Å². The van der Waals surface area contributed by atoms with Crippen LogP contribution in [0.3, 0.4) is 0 Å². The average Bonchev–Trinajstić information content (AvgIpc) is 3.28. The Morgan fingerprint density at radius 1 is 1.00 bits per heavy atom. The Morgan fingerprint density at radius 3 is 2.14 bits per heavy atom. The number of benzene rings is 2. The summed E-state index contributed by atoms with van der Waals surface area (Å²) >= 11 is 37.8. The number of aromatic nitrogens is 2. The van der Waals surface area contributed by atoms with Crippen LogP contribution in [0.4, 0.5) is 0 Å². The van der Waals surface area contributed by atoms with Gasteiger partial charge in [-0.15, -0.1) is 11.6 Å². The van der Waals surface area contributed by atoms with E-state index in [9.17, 15) is 19.5 Å². The number of aliphatic hydroxyl groups excluding tert-OH is 1. The number of carbonyl (C=O) groups excluding carboxylic acids is 1. The number of methoxy groups -OCH3 is 2. The van der Waals surface area contributed by atoms with Gasteiger partial charge in [0.2, 0.25) is 0 Å². The van der Waals surface area contributed by atoms with Crippen LogP contribution in [0.1, 0.15) is 23.5 Å². The Balaban J connectivity index is 1.72. The molecule has 1 aliphatic heterocycles. The maximum absolute atomic E-state index is 13.6. The van der Waals surface area contributed by atoms with Crippen molar-refractivity contribution in [2.24, 2.45) is 0 Å². The molecule has 11 nitrogen and oxygen atoms in total. The largest absolute Gasteiger partial charge is 0.497 e. The van der Waals surface area contributed by atoms with Crippen molar-refractivity contribution in [1.82, 2.24) is 9.13 Å². The van der Waals surface area contributed by atoms with E-state index in [2.05, 4.69) is 0 Å². The van der Waals surface area contributed by atoms with Crippen molar-refractivity contribution in [3.63, 3.8) is 0 Å². The molecule has 0 bridgehead atoms. The molecule has 2 heterocycles. The number of hydrogen-bond donors (Lipinski definition) is 1. The van der Waals surface area contributed by atoms with E-state index in [-0.39, 0.29) is 48.7 Å². The molecule has 0 radical (unpaired) electrons. The Hall–Kier alpha value is -2.03. The second kappa shape index (κ2) is 15.0. The van der Waals surface area contributed by atoms with Gasteiger partial charge in [-0.2, -0.15) is 0 Å². The van der Waals surface area contributed by atoms with E-state index in [0.29, 0.717) is 5.75 Å². The predicted molar refractivity (Wildman–Crippen MR) is 165 cm³/mol. The van der Waals surface area contributed by atoms with Gasteiger partial charge in [-0.05, 0) is 24.3 Å². The van der Waals surface area contributed by atoms with E-state index in [0.717, 1.165) is 21.4 Å². The van der Waals surface area contributed by atoms with Crippen LogP contribution in [0, 0.1) is 0 Å². The summed E-state index contributed by atoms with van der Waals surface area (Å²) in [7, 11) is 2.75. The van der Waals surface area contributed by atoms with Crippen LogP contribution in [-0.4, -0.2) is 65.2 Å². The molecule has 1 unspecified atom stereocenters. The second-order valence-corrected chi connectivity index (χ2v) is 11.6. The molecule has 1 saturated heterocycles. The van der Waals surface area contributed by atoms with Gasteiger partial charge in [0.1, 0.15) is 49.4 Å². The van der Waals surface area contributed by atoms with Crippen LogP contribution in [0.25, 0.3) is 0 Å². The molecule has 0 aliphatic carbocycles. The van der Waals surface area contributed by atoms with Gasteiger partial charge in [0.05, 0.1) is 17.2 Å². The highest BCUT2D eigenvalue weighted by Crippen LogP contribution is 2.44. The molecule has 17 heteroatoms. The fraction of sp³-hybridized carbons (Fsp3) is 0.370. The first-order chi connectivity index (χ1) is 20.9. The molecule has 2 aromatic carbocycles. The normalized spacial score (nSPS) is 20.5. The molecule has 1 fully saturated rings. The van der Waals surface area contributed by atoms with Crippen molar-refractivity contribution >= 4 is 75.6 Å². The number of halogens is 6. The third-order valence-electron chi connectivity index (χ3n) is 6.70. The number of alkyl halides is 1. The minimum atomic E-state index is -1.39. The van der Waals surface area contributed by atoms with Gasteiger partial charge in [-0.25, -0.2) is 9.36 Å². The van der Waals surface area contributed by atoms with E-state index in [1.807, 2.05) is 0 Å². The number of hydrogen-bond acceptors (Lipinski definition) is 9. The molecule has 1 aliphatic rings. The molecule has 3 aromatic rings. The monoisotopic (exact) mass is 730 g/mol. The zero-order valence-corrected chi connectivity index (χ0v) is 27.4. The summed E-state index contributed by atoms with van der Waals surface area (Å²) in [6.45, 7) is -0.951. The Labute approximate surface area is 280 Å². The number of carbonyl (C=O) groups is 1. The average molecular weight is 733 g/mol. The van der Waals surface area contributed by atoms with Crippen molar-refractivity contribution < 1.29 is 33.6 Å². The summed E-state index contributed by atoms with van der Waals surface area (Å²) in [6, 6.07) is 6.92. The summed E-state index contributed by atoms with van der Waals surface area (Å²) in [5.74, 6) is -0.738. The molecule has 4 rings (SSSR count). The highest BCUT2D eigenvalue weighted by atomic mass is 35.5. The lowest BCUT2D eigenvalue weighted by atomic mass is 10.0. The summed E-state index contributed by atoms with van der Waals surface area (Å²) in [4.78, 5) is 38.0. The lowest BCUT2D eigenvalue weighted by Gasteiger charge is -2.24. The van der Waals surface area contributed by atoms with E-state index in [1.165, 1.54) is 38.5 Å². The van der Waals surface area contributed by atoms with Gasteiger partial charge in [0, 0.05) is 45.6 Å². The SMILES string of the molecule is COc1cc(Cl)c(C(OCn2c(=O)ccn([C@@H]3O[C@H](COC(=O)CCl)[C@@H](OC)[C@H]3O)c2=O)c2c(Cl)cc(Cl)cc2Cl)c(Cl)c1. The fourth-order valence-corrected chi connectivity index (χ4v) is 6.38. The topological polar surface area (TPSA) is 127 Å². The lowest BCUT2D eigenvalue weighted by molar-refractivity contribution is -0.147. The minimum absolute atomic E-state index is 0.0993. The van der Waals surface area contributed by atoms with Gasteiger partial charge >= 0.3 is 11.7 Å². The van der Waals surface area contributed by atoms with Crippen molar-refractivity contribution in [3.8, 4) is 5.75 Å². The number of rotatable bonds is 11. The third-order valence-corrected chi connectivity index (χ3v) is 8.38. The minimum Gasteiger partial charge on any atom is -0.497 e. The standard InChI is InChI=1S/C27H24Cl6N2O9/c1-40-13-7-16(32)22(17(33)8-13)25(21-14(30)5-12(29)6-15(21)31)43-11-35-19(36)3-4-34(27(35)39)26-23(38)24(41-2)18(44-26)10-42-20(37)9-28/h3-8,18,23-26,38H,9-11H2,1-2H3/t18-,23-,24-,25?,26-/m1/s1. The molecule has 1 N–H and O–H groups in total. The fourth-order valence-electron chi connectivity index (χ4n) is 4.63. The number of esters is 1. The predicted octanol–water partition coefficient (Wildman–Crippen LogP) is 5.10. The zero-order chi connectivity index (χ0) is 32.3. The van der Waals surface area contributed by atoms with Gasteiger partial charge in [0.25, 0.3) is 5.56 Å². The second-order valence-electron chi connectivity index (χ2n) is 9.31. The molecular weight excluding hydrogens is 709 g/mol. The first-order valence-corrected chi connectivity index (χ1v) is 15.0. The zero-order valence-electron chi connectivity index (χ0n) is 22.8. The van der Waals surface area contributed by atoms with E-state index >= 15 is 0 Å². The van der Waals surface area contributed by atoms with Gasteiger partial charge in [0.15, 0.2) is 6.23 Å². The smallest absolute Gasteiger partial charge is 0.335 e. The number of aliphatic hydroxyl groups is 1. The Bertz CT molecular complexity index is 1600. The summed E-state index contributed by atoms with van der Waals surface area (Å²) < 4.78 is 29.2. The van der Waals surface area contributed by atoms with Crippen molar-refractivity contribution in [2.75, 3.05) is 26.7 Å². The van der Waals surface area contributed by atoms with Gasteiger partial charge in [-0.3, -0.25) is 14.2 Å². The molecule has 5 atom stereocenters. The van der Waals surface area contributed by atoms with Crippen molar-refractivity contribution in [1.29, 1.82) is 0 Å². The molecule has 238 valence electrons. The summed E-state index contributed by atoms with van der Waals surface area (Å²) in [6.07, 6.45) is -4.69. The van der Waals surface area contributed by atoms with E-state index in [1.54, 1.807) is 0 Å². The maximum atomic E-state index is 13.6. The first kappa shape index (κ1) is 34.8. The molecule has 44 heavy (non-hydrogen) atoms. The summed E-state index contributed by atoms with van der Waals surface area (Å²) in [5, 5.41) is 11.6. The van der Waals surface area contributed by atoms with Crippen LogP contribution in [0.15, 0.2) is 46.1 Å². The van der Waals surface area contributed by atoms with Crippen LogP contribution >= 0.6 is 69.6 Å².